The fraction of sp³-hybridized carbons (Fsp3) is 0.474. The molecule has 1 aromatic rings. The Morgan fingerprint density at radius 2 is 2.04 bits per heavy atom. The molecule has 0 fully saturated rings. The average molecular weight is 352 g/mol. The highest BCUT2D eigenvalue weighted by Crippen LogP contribution is 2.34. The number of benzene rings is 1. The van der Waals surface area contributed by atoms with Crippen molar-refractivity contribution in [3.63, 3.8) is 0 Å². The van der Waals surface area contributed by atoms with Crippen molar-refractivity contribution in [2.75, 3.05) is 13.7 Å². The van der Waals surface area contributed by atoms with Crippen molar-refractivity contribution in [2.45, 2.75) is 40.0 Å². The van der Waals surface area contributed by atoms with E-state index in [2.05, 4.69) is 19.2 Å². The first-order valence-corrected chi connectivity index (χ1v) is 8.44. The summed E-state index contributed by atoms with van der Waals surface area (Å²) in [5, 5.41) is 3.61. The summed E-state index contributed by atoms with van der Waals surface area (Å²) in [4.78, 5) is 22.3. The van der Waals surface area contributed by atoms with E-state index < -0.39 is 0 Å². The standard InChI is InChI=1S/C19H26ClNO3/c1-5-24-18-7-6-16(20)10-14(18)11-19(2,3)12-15(13-23)17(21-4)8-9-22/h6-7,9-10,13,21H,5,8,11-12H2,1-4H3/b17-15-. The molecule has 0 heterocycles. The van der Waals surface area contributed by atoms with Crippen LogP contribution in [0.5, 0.6) is 5.75 Å². The average Bonchev–Trinajstić information content (AvgIpc) is 2.53. The van der Waals surface area contributed by atoms with Crippen molar-refractivity contribution in [3.8, 4) is 5.75 Å². The van der Waals surface area contributed by atoms with E-state index in [1.807, 2.05) is 25.1 Å². The third kappa shape index (κ3) is 6.00. The molecule has 1 aromatic carbocycles. The maximum atomic E-state index is 11.5. The monoisotopic (exact) mass is 351 g/mol. The maximum absolute atomic E-state index is 11.5. The fourth-order valence-electron chi connectivity index (χ4n) is 2.77. The topological polar surface area (TPSA) is 55.4 Å². The van der Waals surface area contributed by atoms with Gasteiger partial charge in [0.2, 0.25) is 0 Å². The molecule has 24 heavy (non-hydrogen) atoms. The second-order valence-corrected chi connectivity index (χ2v) is 6.88. The first-order chi connectivity index (χ1) is 11.4. The molecule has 0 saturated heterocycles. The van der Waals surface area contributed by atoms with Gasteiger partial charge in [0.25, 0.3) is 0 Å². The van der Waals surface area contributed by atoms with E-state index in [0.717, 1.165) is 23.9 Å². The number of nitrogens with one attached hydrogen (secondary N) is 1. The van der Waals surface area contributed by atoms with Crippen LogP contribution in [0.1, 0.15) is 39.2 Å². The molecule has 0 unspecified atom stereocenters. The van der Waals surface area contributed by atoms with Gasteiger partial charge in [-0.15, -0.1) is 0 Å². The molecule has 0 radical (unpaired) electrons. The molecule has 1 N–H and O–H groups in total. The summed E-state index contributed by atoms with van der Waals surface area (Å²) in [7, 11) is 1.72. The summed E-state index contributed by atoms with van der Waals surface area (Å²) >= 11 is 6.12. The molecule has 5 heteroatoms. The predicted molar refractivity (Wildman–Crippen MR) is 97.6 cm³/mol. The lowest BCUT2D eigenvalue weighted by molar-refractivity contribution is -0.107. The molecule has 4 nitrogen and oxygen atoms in total. The number of rotatable bonds is 10. The summed E-state index contributed by atoms with van der Waals surface area (Å²) in [5.41, 5.74) is 2.11. The van der Waals surface area contributed by atoms with E-state index in [0.29, 0.717) is 35.7 Å². The quantitative estimate of drug-likeness (QED) is 0.512. The zero-order chi connectivity index (χ0) is 18.2. The van der Waals surface area contributed by atoms with Gasteiger partial charge in [0.15, 0.2) is 0 Å². The third-order valence-corrected chi connectivity index (χ3v) is 4.01. The molecule has 0 aliphatic carbocycles. The zero-order valence-electron chi connectivity index (χ0n) is 14.8. The van der Waals surface area contributed by atoms with Crippen LogP contribution in [0.2, 0.25) is 5.02 Å². The van der Waals surface area contributed by atoms with Gasteiger partial charge < -0.3 is 14.8 Å². The summed E-state index contributed by atoms with van der Waals surface area (Å²) < 4.78 is 5.68. The van der Waals surface area contributed by atoms with E-state index >= 15 is 0 Å². The maximum Gasteiger partial charge on any atom is 0.147 e. The van der Waals surface area contributed by atoms with Crippen LogP contribution in [-0.4, -0.2) is 26.2 Å². The molecule has 1 rings (SSSR count). The predicted octanol–water partition coefficient (Wildman–Crippen LogP) is 3.96. The van der Waals surface area contributed by atoms with Crippen molar-refractivity contribution in [2.24, 2.45) is 5.41 Å². The number of carbonyl (C=O) groups is 2. The van der Waals surface area contributed by atoms with Gasteiger partial charge in [-0.25, -0.2) is 0 Å². The highest BCUT2D eigenvalue weighted by atomic mass is 35.5. The van der Waals surface area contributed by atoms with Gasteiger partial charge in [0.05, 0.1) is 6.61 Å². The normalized spacial score (nSPS) is 12.4. The van der Waals surface area contributed by atoms with Crippen molar-refractivity contribution >= 4 is 24.2 Å². The summed E-state index contributed by atoms with van der Waals surface area (Å²) in [6.45, 7) is 6.69. The Morgan fingerprint density at radius 3 is 2.58 bits per heavy atom. The molecular formula is C19H26ClNO3. The van der Waals surface area contributed by atoms with E-state index in [1.165, 1.54) is 0 Å². The Labute approximate surface area is 149 Å². The van der Waals surface area contributed by atoms with Gasteiger partial charge in [-0.2, -0.15) is 0 Å². The Balaban J connectivity index is 3.06. The number of halogens is 1. The largest absolute Gasteiger partial charge is 0.494 e. The Kier molecular flexibility index (Phi) is 7.99. The number of ether oxygens (including phenoxy) is 1. The number of allylic oxidation sites excluding steroid dienone is 2. The summed E-state index contributed by atoms with van der Waals surface area (Å²) in [6.07, 6.45) is 3.10. The summed E-state index contributed by atoms with van der Waals surface area (Å²) in [6, 6.07) is 5.59. The molecule has 0 saturated carbocycles. The molecule has 132 valence electrons. The fourth-order valence-corrected chi connectivity index (χ4v) is 2.97. The number of carbonyl (C=O) groups excluding carboxylic acids is 2. The van der Waals surface area contributed by atoms with Crippen molar-refractivity contribution in [1.82, 2.24) is 5.32 Å². The first-order valence-electron chi connectivity index (χ1n) is 8.06. The minimum Gasteiger partial charge on any atom is -0.494 e. The van der Waals surface area contributed by atoms with Crippen LogP contribution in [0.4, 0.5) is 0 Å². The molecule has 0 aliphatic rings. The van der Waals surface area contributed by atoms with E-state index in [9.17, 15) is 9.59 Å². The van der Waals surface area contributed by atoms with Crippen molar-refractivity contribution in [1.29, 1.82) is 0 Å². The van der Waals surface area contributed by atoms with Crippen LogP contribution in [-0.2, 0) is 16.0 Å². The van der Waals surface area contributed by atoms with Gasteiger partial charge in [0, 0.05) is 29.8 Å². The van der Waals surface area contributed by atoms with Gasteiger partial charge in [-0.3, -0.25) is 4.79 Å². The van der Waals surface area contributed by atoms with Crippen molar-refractivity contribution < 1.29 is 14.3 Å². The van der Waals surface area contributed by atoms with E-state index in [4.69, 9.17) is 16.3 Å². The second kappa shape index (κ2) is 9.48. The number of aldehydes is 2. The van der Waals surface area contributed by atoms with Gasteiger partial charge in [-0.1, -0.05) is 25.4 Å². The van der Waals surface area contributed by atoms with Crippen LogP contribution in [0.25, 0.3) is 0 Å². The molecule has 0 bridgehead atoms. The van der Waals surface area contributed by atoms with Crippen LogP contribution >= 0.6 is 11.6 Å². The van der Waals surface area contributed by atoms with Crippen LogP contribution < -0.4 is 10.1 Å². The van der Waals surface area contributed by atoms with Crippen molar-refractivity contribution in [3.05, 3.63) is 40.1 Å². The first kappa shape index (κ1) is 20.2. The number of hydrogen-bond donors (Lipinski definition) is 1. The highest BCUT2D eigenvalue weighted by Gasteiger charge is 2.24. The lowest BCUT2D eigenvalue weighted by Gasteiger charge is -2.27. The van der Waals surface area contributed by atoms with E-state index in [-0.39, 0.29) is 11.8 Å². The molecular weight excluding hydrogens is 326 g/mol. The molecule has 0 atom stereocenters. The SMILES string of the molecule is CCOc1ccc(Cl)cc1CC(C)(C)C/C(C=O)=C(\CC=O)NC. The minimum absolute atomic E-state index is 0.197. The zero-order valence-corrected chi connectivity index (χ0v) is 15.6. The lowest BCUT2D eigenvalue weighted by atomic mass is 9.79. The van der Waals surface area contributed by atoms with Crippen LogP contribution in [0.3, 0.4) is 0 Å². The van der Waals surface area contributed by atoms with Crippen LogP contribution in [0.15, 0.2) is 29.5 Å². The van der Waals surface area contributed by atoms with E-state index in [1.54, 1.807) is 7.05 Å². The Bertz CT molecular complexity index is 609. The Hall–Kier alpha value is -1.81. The Morgan fingerprint density at radius 1 is 1.33 bits per heavy atom. The molecule has 0 aliphatic heterocycles. The molecule has 0 spiro atoms. The van der Waals surface area contributed by atoms with Gasteiger partial charge in [0.1, 0.15) is 18.3 Å². The minimum atomic E-state index is -0.197. The second-order valence-electron chi connectivity index (χ2n) is 6.45. The lowest BCUT2D eigenvalue weighted by Crippen LogP contribution is -2.20. The van der Waals surface area contributed by atoms with Gasteiger partial charge in [-0.05, 0) is 48.9 Å². The van der Waals surface area contributed by atoms with Gasteiger partial charge >= 0.3 is 0 Å². The molecule has 0 aromatic heterocycles. The third-order valence-electron chi connectivity index (χ3n) is 3.78. The van der Waals surface area contributed by atoms with Crippen LogP contribution in [0, 0.1) is 5.41 Å². The number of hydrogen-bond acceptors (Lipinski definition) is 4. The molecule has 0 amide bonds. The highest BCUT2D eigenvalue weighted by molar-refractivity contribution is 6.30. The smallest absolute Gasteiger partial charge is 0.147 e. The summed E-state index contributed by atoms with van der Waals surface area (Å²) in [5.74, 6) is 0.813.